The number of thioether (sulfide) groups is 1. The Morgan fingerprint density at radius 2 is 2.19 bits per heavy atom. The van der Waals surface area contributed by atoms with Crippen LogP contribution >= 0.6 is 11.8 Å². The van der Waals surface area contributed by atoms with Gasteiger partial charge in [-0.1, -0.05) is 0 Å². The quantitative estimate of drug-likeness (QED) is 0.816. The van der Waals surface area contributed by atoms with Crippen LogP contribution in [0.25, 0.3) is 0 Å². The summed E-state index contributed by atoms with van der Waals surface area (Å²) in [6.45, 7) is 2.44. The zero-order valence-electron chi connectivity index (χ0n) is 12.4. The van der Waals surface area contributed by atoms with Gasteiger partial charge in [-0.3, -0.25) is 5.10 Å². The second-order valence-electron chi connectivity index (χ2n) is 5.83. The SMILES string of the molecule is Cc1[nH]nc(S(=O)(=O)N(C)C2CCSC2)c1CNC1CC1. The van der Waals surface area contributed by atoms with E-state index in [4.69, 9.17) is 0 Å². The summed E-state index contributed by atoms with van der Waals surface area (Å²) in [5, 5.41) is 10.5. The summed E-state index contributed by atoms with van der Waals surface area (Å²) in [4.78, 5) is 0. The number of rotatable bonds is 6. The molecule has 8 heteroatoms. The van der Waals surface area contributed by atoms with Crippen LogP contribution in [0.5, 0.6) is 0 Å². The summed E-state index contributed by atoms with van der Waals surface area (Å²) >= 11 is 1.81. The molecular formula is C13H22N4O2S2. The molecule has 118 valence electrons. The van der Waals surface area contributed by atoms with E-state index in [1.165, 1.54) is 17.1 Å². The second-order valence-corrected chi connectivity index (χ2v) is 8.89. The summed E-state index contributed by atoms with van der Waals surface area (Å²) in [6, 6.07) is 0.625. The van der Waals surface area contributed by atoms with Gasteiger partial charge in [-0.25, -0.2) is 8.42 Å². The number of H-pyrrole nitrogens is 1. The smallest absolute Gasteiger partial charge is 0.262 e. The highest BCUT2D eigenvalue weighted by Crippen LogP contribution is 2.28. The number of aromatic nitrogens is 2. The number of nitrogens with zero attached hydrogens (tertiary/aromatic N) is 2. The largest absolute Gasteiger partial charge is 0.310 e. The lowest BCUT2D eigenvalue weighted by Gasteiger charge is -2.22. The van der Waals surface area contributed by atoms with Gasteiger partial charge in [0.25, 0.3) is 10.0 Å². The van der Waals surface area contributed by atoms with Crippen molar-refractivity contribution in [2.75, 3.05) is 18.6 Å². The lowest BCUT2D eigenvalue weighted by atomic mass is 10.2. The van der Waals surface area contributed by atoms with Crippen molar-refractivity contribution < 1.29 is 8.42 Å². The Labute approximate surface area is 130 Å². The van der Waals surface area contributed by atoms with Crippen molar-refractivity contribution in [1.82, 2.24) is 19.8 Å². The molecule has 0 aromatic carbocycles. The molecule has 1 saturated carbocycles. The summed E-state index contributed by atoms with van der Waals surface area (Å²) in [5.74, 6) is 1.90. The highest BCUT2D eigenvalue weighted by molar-refractivity contribution is 7.99. The molecule has 2 heterocycles. The molecule has 1 aliphatic carbocycles. The van der Waals surface area contributed by atoms with E-state index in [1.807, 2.05) is 6.92 Å². The average molecular weight is 330 g/mol. The van der Waals surface area contributed by atoms with Crippen molar-refractivity contribution in [1.29, 1.82) is 0 Å². The topological polar surface area (TPSA) is 78.1 Å². The van der Waals surface area contributed by atoms with E-state index in [-0.39, 0.29) is 11.1 Å². The maximum absolute atomic E-state index is 12.8. The molecule has 0 radical (unpaired) electrons. The highest BCUT2D eigenvalue weighted by atomic mass is 32.2. The lowest BCUT2D eigenvalue weighted by molar-refractivity contribution is 0.392. The van der Waals surface area contributed by atoms with E-state index in [9.17, 15) is 8.42 Å². The van der Waals surface area contributed by atoms with Gasteiger partial charge in [-0.15, -0.1) is 0 Å². The molecule has 0 amide bonds. The highest BCUT2D eigenvalue weighted by Gasteiger charge is 2.34. The Kier molecular flexibility index (Phi) is 4.31. The first-order valence-corrected chi connectivity index (χ1v) is 9.92. The van der Waals surface area contributed by atoms with E-state index < -0.39 is 10.0 Å². The van der Waals surface area contributed by atoms with E-state index in [2.05, 4.69) is 15.5 Å². The van der Waals surface area contributed by atoms with Gasteiger partial charge in [-0.05, 0) is 31.9 Å². The molecule has 0 bridgehead atoms. The van der Waals surface area contributed by atoms with Gasteiger partial charge in [0, 0.05) is 42.7 Å². The van der Waals surface area contributed by atoms with Gasteiger partial charge < -0.3 is 5.32 Å². The third kappa shape index (κ3) is 3.13. The maximum atomic E-state index is 12.8. The van der Waals surface area contributed by atoms with Gasteiger partial charge in [0.05, 0.1) is 0 Å². The fourth-order valence-corrected chi connectivity index (χ4v) is 5.43. The minimum Gasteiger partial charge on any atom is -0.310 e. The van der Waals surface area contributed by atoms with Crippen LogP contribution in [-0.4, -0.2) is 53.6 Å². The first-order valence-electron chi connectivity index (χ1n) is 7.33. The summed E-state index contributed by atoms with van der Waals surface area (Å²) < 4.78 is 27.1. The zero-order chi connectivity index (χ0) is 15.0. The molecule has 3 rings (SSSR count). The molecular weight excluding hydrogens is 308 g/mol. The van der Waals surface area contributed by atoms with E-state index in [0.717, 1.165) is 29.2 Å². The minimum atomic E-state index is -3.52. The van der Waals surface area contributed by atoms with Crippen LogP contribution < -0.4 is 5.32 Å². The maximum Gasteiger partial charge on any atom is 0.262 e. The van der Waals surface area contributed by atoms with Gasteiger partial charge in [0.1, 0.15) is 0 Å². The van der Waals surface area contributed by atoms with Crippen LogP contribution in [0.3, 0.4) is 0 Å². The third-order valence-corrected chi connectivity index (χ3v) is 7.25. The molecule has 1 atom stereocenters. The van der Waals surface area contributed by atoms with Crippen molar-refractivity contribution in [3.63, 3.8) is 0 Å². The molecule has 2 N–H and O–H groups in total. The standard InChI is InChI=1S/C13H22N4O2S2/c1-9-12(7-14-10-3-4-10)13(16-15-9)21(18,19)17(2)11-5-6-20-8-11/h10-11,14H,3-8H2,1-2H3,(H,15,16). The Morgan fingerprint density at radius 1 is 1.43 bits per heavy atom. The van der Waals surface area contributed by atoms with E-state index in [0.29, 0.717) is 12.6 Å². The van der Waals surface area contributed by atoms with Crippen LogP contribution in [-0.2, 0) is 16.6 Å². The van der Waals surface area contributed by atoms with Crippen molar-refractivity contribution >= 4 is 21.8 Å². The molecule has 0 spiro atoms. The van der Waals surface area contributed by atoms with Gasteiger partial charge in [-0.2, -0.15) is 21.2 Å². The molecule has 2 aliphatic rings. The summed E-state index contributed by atoms with van der Waals surface area (Å²) in [7, 11) is -1.85. The Hall–Kier alpha value is -0.570. The number of sulfonamides is 1. The monoisotopic (exact) mass is 330 g/mol. The molecule has 1 aromatic rings. The predicted octanol–water partition coefficient (Wildman–Crippen LogP) is 1.10. The number of aryl methyl sites for hydroxylation is 1. The Bertz CT molecular complexity index is 604. The lowest BCUT2D eigenvalue weighted by Crippen LogP contribution is -2.37. The fraction of sp³-hybridized carbons (Fsp3) is 0.769. The number of hydrogen-bond donors (Lipinski definition) is 2. The molecule has 2 fully saturated rings. The van der Waals surface area contributed by atoms with Crippen molar-refractivity contribution in [2.45, 2.75) is 49.8 Å². The normalized spacial score (nSPS) is 23.1. The number of aromatic amines is 1. The fourth-order valence-electron chi connectivity index (χ4n) is 2.53. The van der Waals surface area contributed by atoms with Crippen LogP contribution in [0, 0.1) is 6.92 Å². The molecule has 1 unspecified atom stereocenters. The first-order chi connectivity index (χ1) is 10.00. The molecule has 1 aromatic heterocycles. The first kappa shape index (κ1) is 15.3. The Balaban J connectivity index is 1.83. The second kappa shape index (κ2) is 5.91. The molecule has 21 heavy (non-hydrogen) atoms. The molecule has 1 saturated heterocycles. The zero-order valence-corrected chi connectivity index (χ0v) is 14.1. The van der Waals surface area contributed by atoms with Crippen molar-refractivity contribution in [2.24, 2.45) is 0 Å². The number of hydrogen-bond acceptors (Lipinski definition) is 5. The van der Waals surface area contributed by atoms with E-state index >= 15 is 0 Å². The van der Waals surface area contributed by atoms with Crippen LogP contribution in [0.4, 0.5) is 0 Å². The Morgan fingerprint density at radius 3 is 2.81 bits per heavy atom. The number of nitrogens with one attached hydrogen (secondary N) is 2. The average Bonchev–Trinajstić information content (AvgIpc) is 2.98. The summed E-state index contributed by atoms with van der Waals surface area (Å²) in [6.07, 6.45) is 3.27. The van der Waals surface area contributed by atoms with Crippen molar-refractivity contribution in [3.8, 4) is 0 Å². The van der Waals surface area contributed by atoms with Crippen molar-refractivity contribution in [3.05, 3.63) is 11.3 Å². The molecule has 6 nitrogen and oxygen atoms in total. The van der Waals surface area contributed by atoms with Gasteiger partial charge in [0.2, 0.25) is 0 Å². The third-order valence-electron chi connectivity index (χ3n) is 4.22. The van der Waals surface area contributed by atoms with Gasteiger partial charge >= 0.3 is 0 Å². The summed E-state index contributed by atoms with van der Waals surface area (Å²) in [5.41, 5.74) is 1.61. The molecule has 1 aliphatic heterocycles. The van der Waals surface area contributed by atoms with Crippen LogP contribution in [0.2, 0.25) is 0 Å². The predicted molar refractivity (Wildman–Crippen MR) is 83.9 cm³/mol. The van der Waals surface area contributed by atoms with E-state index in [1.54, 1.807) is 18.8 Å². The van der Waals surface area contributed by atoms with Crippen LogP contribution in [0.1, 0.15) is 30.5 Å². The minimum absolute atomic E-state index is 0.0845. The van der Waals surface area contributed by atoms with Crippen LogP contribution in [0.15, 0.2) is 5.03 Å². The van der Waals surface area contributed by atoms with Gasteiger partial charge in [0.15, 0.2) is 5.03 Å².